The van der Waals surface area contributed by atoms with Gasteiger partial charge in [-0.3, -0.25) is 5.43 Å². The van der Waals surface area contributed by atoms with Crippen LogP contribution in [0.15, 0.2) is 29.2 Å². The van der Waals surface area contributed by atoms with Crippen LogP contribution in [0.3, 0.4) is 0 Å². The highest BCUT2D eigenvalue weighted by Gasteiger charge is 2.46. The normalized spacial score (nSPS) is 18.0. The van der Waals surface area contributed by atoms with Crippen LogP contribution in [-0.2, 0) is 9.84 Å². The Morgan fingerprint density at radius 3 is 2.24 bits per heavy atom. The minimum Gasteiger partial charge on any atom is -0.317 e. The van der Waals surface area contributed by atoms with E-state index >= 15 is 0 Å². The van der Waals surface area contributed by atoms with Crippen molar-refractivity contribution in [1.82, 2.24) is 10.7 Å². The van der Waals surface area contributed by atoms with E-state index in [4.69, 9.17) is 5.84 Å². The number of carbonyl (C=O) groups excluding carboxylic acids is 1. The minimum atomic E-state index is -3.67. The van der Waals surface area contributed by atoms with Crippen molar-refractivity contribution in [3.8, 4) is 0 Å². The fourth-order valence-electron chi connectivity index (χ4n) is 2.77. The van der Waals surface area contributed by atoms with Gasteiger partial charge < -0.3 is 5.32 Å². The first kappa shape index (κ1) is 15.8. The molecule has 4 N–H and O–H groups in total. The molecule has 1 saturated carbocycles. The van der Waals surface area contributed by atoms with Crippen LogP contribution >= 0.6 is 0 Å². The lowest BCUT2D eigenvalue weighted by Gasteiger charge is -2.37. The highest BCUT2D eigenvalue weighted by atomic mass is 32.2. The Morgan fingerprint density at radius 1 is 1.14 bits per heavy atom. The van der Waals surface area contributed by atoms with Gasteiger partial charge in [0.25, 0.3) is 0 Å². The molecule has 116 valence electrons. The van der Waals surface area contributed by atoms with Crippen LogP contribution in [0, 0.1) is 6.92 Å². The van der Waals surface area contributed by atoms with Gasteiger partial charge in [0, 0.05) is 0 Å². The summed E-state index contributed by atoms with van der Waals surface area (Å²) in [6, 6.07) is 6.01. The highest BCUT2D eigenvalue weighted by molar-refractivity contribution is 7.92. The third kappa shape index (κ3) is 3.03. The second-order valence-electron chi connectivity index (χ2n) is 5.47. The van der Waals surface area contributed by atoms with E-state index in [1.165, 1.54) is 0 Å². The quantitative estimate of drug-likeness (QED) is 0.448. The van der Waals surface area contributed by atoms with Gasteiger partial charge in [0.1, 0.15) is 4.87 Å². The van der Waals surface area contributed by atoms with Crippen molar-refractivity contribution in [2.45, 2.75) is 48.8 Å². The lowest BCUT2D eigenvalue weighted by molar-refractivity contribution is 0.226. The number of urea groups is 1. The topological polar surface area (TPSA) is 101 Å². The Morgan fingerprint density at radius 2 is 1.71 bits per heavy atom. The van der Waals surface area contributed by atoms with Crippen LogP contribution in [0.2, 0.25) is 0 Å². The molecule has 0 saturated heterocycles. The van der Waals surface area contributed by atoms with E-state index < -0.39 is 20.7 Å². The Bertz CT molecular complexity index is 605. The fourth-order valence-corrected chi connectivity index (χ4v) is 4.77. The maximum atomic E-state index is 13.0. The monoisotopic (exact) mass is 311 g/mol. The van der Waals surface area contributed by atoms with E-state index in [0.717, 1.165) is 24.8 Å². The number of hydrogen-bond acceptors (Lipinski definition) is 4. The molecule has 0 radical (unpaired) electrons. The largest absolute Gasteiger partial charge is 0.330 e. The zero-order chi connectivity index (χ0) is 15.5. The average Bonchev–Trinajstić information content (AvgIpc) is 2.48. The van der Waals surface area contributed by atoms with Crippen molar-refractivity contribution in [2.24, 2.45) is 5.84 Å². The first-order valence-corrected chi connectivity index (χ1v) is 8.50. The van der Waals surface area contributed by atoms with Gasteiger partial charge in [0.05, 0.1) is 4.90 Å². The van der Waals surface area contributed by atoms with Crippen molar-refractivity contribution in [3.63, 3.8) is 0 Å². The number of nitrogens with one attached hydrogen (secondary N) is 2. The van der Waals surface area contributed by atoms with E-state index in [2.05, 4.69) is 5.32 Å². The molecule has 2 rings (SSSR count). The van der Waals surface area contributed by atoms with Gasteiger partial charge in [-0.15, -0.1) is 0 Å². The predicted octanol–water partition coefficient (Wildman–Crippen LogP) is 1.60. The zero-order valence-corrected chi connectivity index (χ0v) is 12.9. The van der Waals surface area contributed by atoms with Gasteiger partial charge in [-0.05, 0) is 31.9 Å². The molecule has 1 aromatic rings. The number of benzene rings is 1. The smallest absolute Gasteiger partial charge is 0.317 e. The lowest BCUT2D eigenvalue weighted by Crippen LogP contribution is -2.58. The maximum absolute atomic E-state index is 13.0. The van der Waals surface area contributed by atoms with Crippen LogP contribution in [0.25, 0.3) is 0 Å². The van der Waals surface area contributed by atoms with E-state index in [9.17, 15) is 13.2 Å². The van der Waals surface area contributed by atoms with Crippen molar-refractivity contribution in [1.29, 1.82) is 0 Å². The Hall–Kier alpha value is -1.60. The molecule has 2 amide bonds. The molecule has 1 aliphatic carbocycles. The van der Waals surface area contributed by atoms with Crippen LogP contribution in [-0.4, -0.2) is 19.3 Å². The Labute approximate surface area is 125 Å². The van der Waals surface area contributed by atoms with Gasteiger partial charge >= 0.3 is 6.03 Å². The Kier molecular flexibility index (Phi) is 4.53. The van der Waals surface area contributed by atoms with Crippen molar-refractivity contribution in [2.75, 3.05) is 0 Å². The molecule has 1 aliphatic rings. The van der Waals surface area contributed by atoms with Crippen LogP contribution in [0.1, 0.15) is 37.7 Å². The number of aryl methyl sites for hydroxylation is 1. The number of amides is 2. The molecule has 0 bridgehead atoms. The number of rotatable bonds is 3. The summed E-state index contributed by atoms with van der Waals surface area (Å²) in [6.07, 6.45) is 3.29. The maximum Gasteiger partial charge on any atom is 0.330 e. The molecule has 6 nitrogen and oxygen atoms in total. The van der Waals surface area contributed by atoms with Gasteiger partial charge in [-0.1, -0.05) is 37.0 Å². The molecule has 0 aliphatic heterocycles. The van der Waals surface area contributed by atoms with E-state index in [-0.39, 0.29) is 4.90 Å². The predicted molar refractivity (Wildman–Crippen MR) is 80.0 cm³/mol. The second-order valence-corrected chi connectivity index (χ2v) is 7.73. The number of hydrogen-bond donors (Lipinski definition) is 3. The highest BCUT2D eigenvalue weighted by Crippen LogP contribution is 2.37. The number of sulfone groups is 1. The second kappa shape index (κ2) is 6.03. The number of nitrogens with two attached hydrogens (primary N) is 1. The first-order valence-electron chi connectivity index (χ1n) is 7.01. The molecular weight excluding hydrogens is 290 g/mol. The average molecular weight is 311 g/mol. The summed E-state index contributed by atoms with van der Waals surface area (Å²) in [6.45, 7) is 1.90. The third-order valence-electron chi connectivity index (χ3n) is 3.98. The molecule has 0 unspecified atom stereocenters. The minimum absolute atomic E-state index is 0.229. The van der Waals surface area contributed by atoms with Crippen LogP contribution in [0.4, 0.5) is 4.79 Å². The summed E-state index contributed by atoms with van der Waals surface area (Å²) in [5.74, 6) is 5.09. The molecule has 0 heterocycles. The summed E-state index contributed by atoms with van der Waals surface area (Å²) in [4.78, 5) is 10.6. The fraction of sp³-hybridized carbons (Fsp3) is 0.500. The summed E-state index contributed by atoms with van der Waals surface area (Å²) < 4.78 is 26.0. The number of hydrazine groups is 1. The van der Waals surface area contributed by atoms with Crippen LogP contribution < -0.4 is 16.6 Å². The first-order chi connectivity index (χ1) is 9.91. The molecule has 0 spiro atoms. The van der Waals surface area contributed by atoms with E-state index in [1.807, 2.05) is 12.3 Å². The summed E-state index contributed by atoms with van der Waals surface area (Å²) in [5.41, 5.74) is 2.94. The zero-order valence-electron chi connectivity index (χ0n) is 12.1. The molecule has 7 heteroatoms. The van der Waals surface area contributed by atoms with Crippen LogP contribution in [0.5, 0.6) is 0 Å². The van der Waals surface area contributed by atoms with Gasteiger partial charge in [-0.2, -0.15) is 0 Å². The summed E-state index contributed by atoms with van der Waals surface area (Å²) in [5, 5.41) is 2.57. The van der Waals surface area contributed by atoms with Crippen molar-refractivity contribution >= 4 is 15.9 Å². The van der Waals surface area contributed by atoms with Crippen molar-refractivity contribution < 1.29 is 13.2 Å². The Balaban J connectivity index is 2.43. The summed E-state index contributed by atoms with van der Waals surface area (Å²) >= 11 is 0. The molecular formula is C14H21N3O3S. The van der Waals surface area contributed by atoms with Gasteiger partial charge in [0.2, 0.25) is 9.84 Å². The molecule has 21 heavy (non-hydrogen) atoms. The van der Waals surface area contributed by atoms with Crippen molar-refractivity contribution in [3.05, 3.63) is 29.8 Å². The molecule has 0 atom stereocenters. The molecule has 0 aromatic heterocycles. The molecule has 1 aromatic carbocycles. The van der Waals surface area contributed by atoms with Gasteiger partial charge in [0.15, 0.2) is 0 Å². The standard InChI is InChI=1S/C14H21N3O3S/c1-11-5-7-12(8-6-11)21(19,20)14(16-13(18)17-15)9-3-2-4-10-14/h5-8H,2-4,9-10,15H2,1H3,(H2,16,17,18). The summed E-state index contributed by atoms with van der Waals surface area (Å²) in [7, 11) is -3.67. The number of carbonyl (C=O) groups is 1. The third-order valence-corrected chi connectivity index (χ3v) is 6.41. The van der Waals surface area contributed by atoms with Gasteiger partial charge in [-0.25, -0.2) is 19.1 Å². The van der Waals surface area contributed by atoms with E-state index in [1.54, 1.807) is 24.3 Å². The van der Waals surface area contributed by atoms with E-state index in [0.29, 0.717) is 12.8 Å². The molecule has 1 fully saturated rings. The lowest BCUT2D eigenvalue weighted by atomic mass is 9.95. The SMILES string of the molecule is Cc1ccc(S(=O)(=O)C2(NC(=O)NN)CCCCC2)cc1.